The summed E-state index contributed by atoms with van der Waals surface area (Å²) in [5.74, 6) is 0.252. The third kappa shape index (κ3) is 2.51. The SMILES string of the molecule is Nc1ncnc2c1ncn2/C=C1\CC1CP(=O)(O)O. The summed E-state index contributed by atoms with van der Waals surface area (Å²) in [4.78, 5) is 29.9. The highest BCUT2D eigenvalue weighted by Gasteiger charge is 2.35. The zero-order valence-electron chi connectivity index (χ0n) is 9.84. The minimum Gasteiger partial charge on any atom is -0.382 e. The minimum absolute atomic E-state index is 0.0579. The Bertz CT molecular complexity index is 719. The first-order valence-corrected chi connectivity index (χ1v) is 7.42. The second-order valence-corrected chi connectivity index (χ2v) is 6.23. The highest BCUT2D eigenvalue weighted by atomic mass is 31.2. The van der Waals surface area contributed by atoms with Crippen LogP contribution in [-0.2, 0) is 4.57 Å². The number of nitrogen functional groups attached to an aromatic ring is 1. The normalized spacial score (nSPS) is 21.2. The van der Waals surface area contributed by atoms with Gasteiger partial charge in [0.25, 0.3) is 0 Å². The van der Waals surface area contributed by atoms with Gasteiger partial charge in [0.1, 0.15) is 12.7 Å². The molecule has 1 atom stereocenters. The largest absolute Gasteiger partial charge is 0.382 e. The van der Waals surface area contributed by atoms with Gasteiger partial charge in [-0.15, -0.1) is 0 Å². The van der Waals surface area contributed by atoms with E-state index in [9.17, 15) is 4.57 Å². The molecule has 1 unspecified atom stereocenters. The second kappa shape index (κ2) is 4.12. The molecule has 3 rings (SSSR count). The molecular weight excluding hydrogens is 269 g/mol. The molecule has 1 aliphatic rings. The van der Waals surface area contributed by atoms with E-state index in [0.29, 0.717) is 23.4 Å². The molecule has 2 heterocycles. The molecule has 1 saturated carbocycles. The quantitative estimate of drug-likeness (QED) is 0.697. The van der Waals surface area contributed by atoms with Crippen molar-refractivity contribution < 1.29 is 14.4 Å². The van der Waals surface area contributed by atoms with Gasteiger partial charge < -0.3 is 15.5 Å². The summed E-state index contributed by atoms with van der Waals surface area (Å²) in [5.41, 5.74) is 7.75. The molecule has 0 bridgehead atoms. The third-order valence-electron chi connectivity index (χ3n) is 3.00. The fraction of sp³-hybridized carbons (Fsp3) is 0.300. The van der Waals surface area contributed by atoms with Gasteiger partial charge in [0, 0.05) is 6.20 Å². The van der Waals surface area contributed by atoms with Crippen molar-refractivity contribution in [3.63, 3.8) is 0 Å². The standard InChI is InChI=1S/C10H12N5O3P/c11-9-8-10(13-4-12-9)15(5-14-8)2-6-1-7(6)3-19(16,17)18/h2,4-5,7H,1,3H2,(H2,11,12,13)(H2,16,17,18)/b6-2+. The van der Waals surface area contributed by atoms with E-state index in [0.717, 1.165) is 5.57 Å². The van der Waals surface area contributed by atoms with Gasteiger partial charge in [-0.2, -0.15) is 0 Å². The topological polar surface area (TPSA) is 127 Å². The highest BCUT2D eigenvalue weighted by Crippen LogP contribution is 2.49. The van der Waals surface area contributed by atoms with E-state index in [1.807, 2.05) is 0 Å². The van der Waals surface area contributed by atoms with Crippen LogP contribution in [0.3, 0.4) is 0 Å². The molecule has 8 nitrogen and oxygen atoms in total. The Morgan fingerprint density at radius 3 is 3.00 bits per heavy atom. The van der Waals surface area contributed by atoms with Gasteiger partial charge >= 0.3 is 7.60 Å². The Kier molecular flexibility index (Phi) is 2.67. The van der Waals surface area contributed by atoms with Gasteiger partial charge in [-0.25, -0.2) is 15.0 Å². The molecule has 4 N–H and O–H groups in total. The van der Waals surface area contributed by atoms with Crippen LogP contribution >= 0.6 is 7.60 Å². The van der Waals surface area contributed by atoms with Crippen LogP contribution in [0.5, 0.6) is 0 Å². The van der Waals surface area contributed by atoms with Gasteiger partial charge in [-0.1, -0.05) is 0 Å². The number of fused-ring (bicyclic) bond motifs is 1. The monoisotopic (exact) mass is 281 g/mol. The van der Waals surface area contributed by atoms with E-state index >= 15 is 0 Å². The number of rotatable bonds is 3. The number of aromatic nitrogens is 4. The molecule has 2 aromatic heterocycles. The lowest BCUT2D eigenvalue weighted by molar-refractivity contribution is 0.371. The van der Waals surface area contributed by atoms with Crippen molar-refractivity contribution in [3.05, 3.63) is 18.2 Å². The fourth-order valence-corrected chi connectivity index (χ4v) is 2.93. The van der Waals surface area contributed by atoms with Crippen LogP contribution in [0.15, 0.2) is 18.2 Å². The first kappa shape index (κ1) is 12.3. The third-order valence-corrected chi connectivity index (χ3v) is 3.91. The van der Waals surface area contributed by atoms with Gasteiger partial charge in [0.05, 0.1) is 6.16 Å². The number of hydrogen-bond donors (Lipinski definition) is 3. The van der Waals surface area contributed by atoms with Gasteiger partial charge in [0.15, 0.2) is 17.0 Å². The molecule has 19 heavy (non-hydrogen) atoms. The molecule has 0 spiro atoms. The van der Waals surface area contributed by atoms with Gasteiger partial charge in [0.2, 0.25) is 0 Å². The maximum absolute atomic E-state index is 10.9. The molecular formula is C10H12N5O3P. The first-order chi connectivity index (χ1) is 8.94. The van der Waals surface area contributed by atoms with E-state index < -0.39 is 7.60 Å². The predicted molar refractivity (Wildman–Crippen MR) is 69.0 cm³/mol. The van der Waals surface area contributed by atoms with Gasteiger partial charge in [-0.05, 0) is 17.9 Å². The Labute approximate surface area is 108 Å². The number of allylic oxidation sites excluding steroid dienone is 1. The first-order valence-electron chi connectivity index (χ1n) is 5.62. The van der Waals surface area contributed by atoms with E-state index in [1.54, 1.807) is 17.1 Å². The van der Waals surface area contributed by atoms with Crippen molar-refractivity contribution in [1.29, 1.82) is 0 Å². The van der Waals surface area contributed by atoms with Crippen molar-refractivity contribution >= 4 is 30.8 Å². The van der Waals surface area contributed by atoms with Crippen molar-refractivity contribution in [2.45, 2.75) is 6.42 Å². The second-order valence-electron chi connectivity index (χ2n) is 4.54. The summed E-state index contributed by atoms with van der Waals surface area (Å²) >= 11 is 0. The van der Waals surface area contributed by atoms with E-state index in [4.69, 9.17) is 15.5 Å². The molecule has 100 valence electrons. The van der Waals surface area contributed by atoms with Crippen LogP contribution in [0.1, 0.15) is 6.42 Å². The Balaban J connectivity index is 1.88. The Morgan fingerprint density at radius 1 is 1.47 bits per heavy atom. The Hall–Kier alpha value is -1.76. The summed E-state index contributed by atoms with van der Waals surface area (Å²) in [6.45, 7) is 0. The lowest BCUT2D eigenvalue weighted by Crippen LogP contribution is -1.94. The minimum atomic E-state index is -3.95. The lowest BCUT2D eigenvalue weighted by atomic mass is 10.4. The van der Waals surface area contributed by atoms with Crippen molar-refractivity contribution in [3.8, 4) is 0 Å². The maximum atomic E-state index is 10.9. The zero-order chi connectivity index (χ0) is 13.6. The van der Waals surface area contributed by atoms with E-state index in [-0.39, 0.29) is 12.1 Å². The molecule has 0 saturated heterocycles. The summed E-state index contributed by atoms with van der Waals surface area (Å²) < 4.78 is 12.6. The van der Waals surface area contributed by atoms with Crippen LogP contribution < -0.4 is 5.73 Å². The molecule has 0 aromatic carbocycles. The molecule has 0 aliphatic heterocycles. The number of anilines is 1. The average Bonchev–Trinajstić information content (AvgIpc) is 2.85. The number of imidazole rings is 1. The molecule has 1 fully saturated rings. The molecule has 0 radical (unpaired) electrons. The smallest absolute Gasteiger partial charge is 0.326 e. The summed E-state index contributed by atoms with van der Waals surface area (Å²) in [6.07, 6.45) is 5.29. The van der Waals surface area contributed by atoms with E-state index in [2.05, 4.69) is 15.0 Å². The number of nitrogens with zero attached hydrogens (tertiary/aromatic N) is 4. The van der Waals surface area contributed by atoms with Crippen molar-refractivity contribution in [2.75, 3.05) is 11.9 Å². The number of nitrogens with two attached hydrogens (primary N) is 1. The fourth-order valence-electron chi connectivity index (χ4n) is 2.00. The molecule has 2 aromatic rings. The predicted octanol–water partition coefficient (Wildman–Crippen LogP) is 0.447. The van der Waals surface area contributed by atoms with Crippen LogP contribution in [0.2, 0.25) is 0 Å². The van der Waals surface area contributed by atoms with Crippen molar-refractivity contribution in [2.24, 2.45) is 5.92 Å². The summed E-state index contributed by atoms with van der Waals surface area (Å²) in [5, 5.41) is 0. The van der Waals surface area contributed by atoms with Crippen LogP contribution in [0.4, 0.5) is 5.82 Å². The zero-order valence-corrected chi connectivity index (χ0v) is 10.7. The lowest BCUT2D eigenvalue weighted by Gasteiger charge is -1.99. The molecule has 1 aliphatic carbocycles. The van der Waals surface area contributed by atoms with Crippen LogP contribution in [0, 0.1) is 5.92 Å². The van der Waals surface area contributed by atoms with Crippen LogP contribution in [0.25, 0.3) is 17.4 Å². The van der Waals surface area contributed by atoms with Crippen molar-refractivity contribution in [1.82, 2.24) is 19.5 Å². The maximum Gasteiger partial charge on any atom is 0.326 e. The highest BCUT2D eigenvalue weighted by molar-refractivity contribution is 7.51. The van der Waals surface area contributed by atoms with Crippen LogP contribution in [-0.4, -0.2) is 35.5 Å². The summed E-state index contributed by atoms with van der Waals surface area (Å²) in [6, 6.07) is 0. The molecule has 0 amide bonds. The number of hydrogen-bond acceptors (Lipinski definition) is 5. The van der Waals surface area contributed by atoms with E-state index in [1.165, 1.54) is 6.33 Å². The molecule has 9 heteroatoms. The average molecular weight is 281 g/mol. The van der Waals surface area contributed by atoms with Gasteiger partial charge in [-0.3, -0.25) is 9.13 Å². The summed E-state index contributed by atoms with van der Waals surface area (Å²) in [7, 11) is -3.95. The Morgan fingerprint density at radius 2 is 2.26 bits per heavy atom.